The molecule has 2 aromatic carbocycles. The van der Waals surface area contributed by atoms with Crippen LogP contribution in [0.15, 0.2) is 60.7 Å². The first-order valence-electron chi connectivity index (χ1n) is 11.3. The van der Waals surface area contributed by atoms with Gasteiger partial charge in [-0.1, -0.05) is 81.4 Å². The third-order valence-electron chi connectivity index (χ3n) is 5.71. The molecule has 35 heavy (non-hydrogen) atoms. The number of aliphatic hydroxyl groups excluding tert-OH is 1. The van der Waals surface area contributed by atoms with Gasteiger partial charge < -0.3 is 15.0 Å². The summed E-state index contributed by atoms with van der Waals surface area (Å²) in [6, 6.07) is 19.2. The van der Waals surface area contributed by atoms with E-state index in [1.807, 2.05) is 120 Å². The SMILES string of the molecule is CC(C)(C)[C@@H](CO)NC(=O)[C]1[CH][CH][CH][CH]1.O=P([C]1[CH][CH][CH][CH]1)(c1ccccc1)c1ccccc1.[Fe+2]. The van der Waals surface area contributed by atoms with Crippen molar-refractivity contribution >= 4 is 23.7 Å². The third kappa shape index (κ3) is 7.80. The van der Waals surface area contributed by atoms with Crippen LogP contribution in [0, 0.1) is 68.4 Å². The fraction of sp³-hybridized carbons (Fsp3) is 0.207. The van der Waals surface area contributed by atoms with Gasteiger partial charge in [0.2, 0.25) is 5.91 Å². The van der Waals surface area contributed by atoms with Crippen LogP contribution in [0.2, 0.25) is 0 Å². The molecule has 2 aromatic rings. The first-order chi connectivity index (χ1) is 16.3. The summed E-state index contributed by atoms with van der Waals surface area (Å²) in [4.78, 5) is 11.7. The molecule has 2 aliphatic rings. The van der Waals surface area contributed by atoms with Crippen LogP contribution in [0.3, 0.4) is 0 Å². The van der Waals surface area contributed by atoms with Crippen molar-refractivity contribution < 1.29 is 31.5 Å². The summed E-state index contributed by atoms with van der Waals surface area (Å²) in [5.74, 6) is 0.506. The van der Waals surface area contributed by atoms with E-state index in [4.69, 9.17) is 0 Å². The molecule has 2 fully saturated rings. The van der Waals surface area contributed by atoms with Crippen molar-refractivity contribution in [3.8, 4) is 0 Å². The minimum Gasteiger partial charge on any atom is -0.394 e. The number of hydrogen-bond donors (Lipinski definition) is 2. The Kier molecular flexibility index (Phi) is 11.8. The largest absolute Gasteiger partial charge is 2.00 e. The molecule has 0 bridgehead atoms. The van der Waals surface area contributed by atoms with E-state index < -0.39 is 7.14 Å². The second-order valence-corrected chi connectivity index (χ2v) is 11.9. The number of benzene rings is 2. The van der Waals surface area contributed by atoms with Gasteiger partial charge in [0.25, 0.3) is 0 Å². The molecular weight excluding hydrogens is 497 g/mol. The van der Waals surface area contributed by atoms with E-state index >= 15 is 0 Å². The molecule has 2 saturated carbocycles. The van der Waals surface area contributed by atoms with Crippen molar-refractivity contribution in [2.45, 2.75) is 26.8 Å². The topological polar surface area (TPSA) is 66.4 Å². The van der Waals surface area contributed by atoms with Crippen LogP contribution < -0.4 is 15.9 Å². The zero-order valence-electron chi connectivity index (χ0n) is 20.2. The van der Waals surface area contributed by atoms with Crippen molar-refractivity contribution in [3.05, 3.63) is 124 Å². The van der Waals surface area contributed by atoms with Crippen LogP contribution in [0.1, 0.15) is 20.8 Å². The number of hydrogen-bond acceptors (Lipinski definition) is 3. The van der Waals surface area contributed by atoms with Gasteiger partial charge in [-0.15, -0.1) is 0 Å². The van der Waals surface area contributed by atoms with E-state index in [0.717, 1.165) is 16.3 Å². The summed E-state index contributed by atoms with van der Waals surface area (Å²) in [7, 11) is -2.73. The Hall–Kier alpha value is -1.38. The average Bonchev–Trinajstić information content (AvgIpc) is 3.58. The smallest absolute Gasteiger partial charge is 0.394 e. The van der Waals surface area contributed by atoms with Gasteiger partial charge in [0, 0.05) is 10.6 Å². The number of amides is 1. The predicted octanol–water partition coefficient (Wildman–Crippen LogP) is 4.28. The normalized spacial score (nSPS) is 17.7. The molecular formula is C29H32FeNO3P+2. The Morgan fingerprint density at radius 2 is 1.26 bits per heavy atom. The van der Waals surface area contributed by atoms with E-state index in [-0.39, 0.29) is 41.0 Å². The molecule has 1 atom stereocenters. The number of nitrogens with one attached hydrogen (secondary N) is 1. The van der Waals surface area contributed by atoms with Gasteiger partial charge in [0.15, 0.2) is 7.14 Å². The second-order valence-electron chi connectivity index (χ2n) is 9.17. The monoisotopic (exact) mass is 529 g/mol. The maximum atomic E-state index is 13.7. The van der Waals surface area contributed by atoms with Gasteiger partial charge >= 0.3 is 17.1 Å². The standard InChI is InChI=1S/C17H14OP.C12H18NO2.Fe/c18-19(17-13-7-8-14-17,15-9-3-1-4-10-15)16-11-5-2-6-12-16;1-12(2,3)10(8-14)13-11(15)9-6-4-5-7-9;/h1-14H;4-7,10,14H,8H2,1-3H3,(H,13,15);/q;;+2/t;10-;/m.1./s1. The number of carbonyl (C=O) groups is 1. The third-order valence-corrected chi connectivity index (χ3v) is 8.78. The van der Waals surface area contributed by atoms with Gasteiger partial charge in [-0.2, -0.15) is 0 Å². The quantitative estimate of drug-likeness (QED) is 0.434. The van der Waals surface area contributed by atoms with Crippen LogP contribution >= 0.6 is 7.14 Å². The number of aliphatic hydroxyl groups is 1. The Balaban J connectivity index is 0.000000247. The minimum absolute atomic E-state index is 0. The first kappa shape index (κ1) is 29.8. The van der Waals surface area contributed by atoms with Crippen molar-refractivity contribution in [2.24, 2.45) is 5.41 Å². The van der Waals surface area contributed by atoms with E-state index in [1.165, 1.54) is 0 Å². The van der Waals surface area contributed by atoms with Gasteiger partial charge in [-0.05, 0) is 56.8 Å². The molecule has 6 heteroatoms. The minimum atomic E-state index is -2.73. The first-order valence-corrected chi connectivity index (χ1v) is 13.0. The molecule has 1 amide bonds. The second kappa shape index (κ2) is 13.8. The zero-order valence-corrected chi connectivity index (χ0v) is 22.2. The van der Waals surface area contributed by atoms with Crippen LogP contribution in [0.4, 0.5) is 0 Å². The average molecular weight is 529 g/mol. The Labute approximate surface area is 222 Å². The van der Waals surface area contributed by atoms with Gasteiger partial charge in [0.05, 0.1) is 24.2 Å². The summed E-state index contributed by atoms with van der Waals surface area (Å²) in [5.41, 5.74) is 0.752. The molecule has 0 aliphatic heterocycles. The maximum absolute atomic E-state index is 13.7. The number of rotatable bonds is 6. The Morgan fingerprint density at radius 3 is 1.66 bits per heavy atom. The Morgan fingerprint density at radius 1 is 0.829 bits per heavy atom. The van der Waals surface area contributed by atoms with Gasteiger partial charge in [0.1, 0.15) is 0 Å². The molecule has 0 unspecified atom stereocenters. The van der Waals surface area contributed by atoms with Crippen LogP contribution in [0.25, 0.3) is 0 Å². The molecule has 4 nitrogen and oxygen atoms in total. The Bertz CT molecular complexity index is 890. The molecule has 182 valence electrons. The summed E-state index contributed by atoms with van der Waals surface area (Å²) in [5, 5.41) is 13.8. The molecule has 2 aliphatic carbocycles. The van der Waals surface area contributed by atoms with Gasteiger partial charge in [-0.25, -0.2) is 0 Å². The van der Waals surface area contributed by atoms with Crippen molar-refractivity contribution in [1.29, 1.82) is 0 Å². The van der Waals surface area contributed by atoms with E-state index in [2.05, 4.69) is 5.32 Å². The fourth-order valence-corrected chi connectivity index (χ4v) is 6.27. The number of carbonyl (C=O) groups excluding carboxylic acids is 1. The summed E-state index contributed by atoms with van der Waals surface area (Å²) in [6.07, 6.45) is 14.9. The van der Waals surface area contributed by atoms with Crippen molar-refractivity contribution in [2.75, 3.05) is 6.61 Å². The van der Waals surface area contributed by atoms with Crippen LogP contribution in [-0.2, 0) is 26.4 Å². The van der Waals surface area contributed by atoms with E-state index in [1.54, 1.807) is 12.8 Å². The fourth-order valence-electron chi connectivity index (χ4n) is 3.60. The molecule has 0 heterocycles. The molecule has 10 radical (unpaired) electrons. The summed E-state index contributed by atoms with van der Waals surface area (Å²) in [6.45, 7) is 5.91. The molecule has 4 rings (SSSR count). The summed E-state index contributed by atoms with van der Waals surface area (Å²) < 4.78 is 13.7. The van der Waals surface area contributed by atoms with Crippen molar-refractivity contribution in [1.82, 2.24) is 5.32 Å². The van der Waals surface area contributed by atoms with Crippen LogP contribution in [0.5, 0.6) is 0 Å². The predicted molar refractivity (Wildman–Crippen MR) is 139 cm³/mol. The zero-order chi connectivity index (χ0) is 24.6. The molecule has 2 N–H and O–H groups in total. The summed E-state index contributed by atoms with van der Waals surface area (Å²) >= 11 is 0. The molecule has 0 aromatic heterocycles. The van der Waals surface area contributed by atoms with E-state index in [0.29, 0.717) is 5.92 Å². The molecule has 0 spiro atoms. The van der Waals surface area contributed by atoms with Crippen molar-refractivity contribution in [3.63, 3.8) is 0 Å². The molecule has 0 saturated heterocycles. The maximum Gasteiger partial charge on any atom is 2.00 e. The van der Waals surface area contributed by atoms with E-state index in [9.17, 15) is 14.5 Å². The van der Waals surface area contributed by atoms with Crippen LogP contribution in [-0.4, -0.2) is 23.7 Å². The van der Waals surface area contributed by atoms with Gasteiger partial charge in [-0.3, -0.25) is 4.79 Å².